The summed E-state index contributed by atoms with van der Waals surface area (Å²) in [5.41, 5.74) is -0.637. The number of ether oxygens (including phenoxy) is 2. The fraction of sp³-hybridized carbons (Fsp3) is 0.933. The molecule has 2 unspecified atom stereocenters. The van der Waals surface area contributed by atoms with Crippen molar-refractivity contribution in [3.05, 3.63) is 0 Å². The van der Waals surface area contributed by atoms with Gasteiger partial charge in [0.05, 0.1) is 19.8 Å². The lowest BCUT2D eigenvalue weighted by atomic mass is 9.47. The number of hydrogen-bond donors (Lipinski definition) is 1. The highest BCUT2D eigenvalue weighted by Gasteiger charge is 2.65. The third kappa shape index (κ3) is 1.57. The zero-order valence-electron chi connectivity index (χ0n) is 11.5. The van der Waals surface area contributed by atoms with Crippen LogP contribution in [0.1, 0.15) is 32.1 Å². The van der Waals surface area contributed by atoms with Crippen LogP contribution in [0, 0.1) is 29.1 Å². The molecule has 2 atom stereocenters. The quantitative estimate of drug-likeness (QED) is 0.765. The molecule has 1 spiro atoms. The number of aliphatic carboxylic acids is 1. The molecule has 5 nitrogen and oxygen atoms in total. The Labute approximate surface area is 118 Å². The topological polar surface area (TPSA) is 78.8 Å². The zero-order chi connectivity index (χ0) is 14.0. The first-order valence-electron chi connectivity index (χ1n) is 7.68. The number of carbonyl (C=O) groups excluding carboxylic acids is 1. The average Bonchev–Trinajstić information content (AvgIpc) is 2.44. The standard InChI is InChI=1S/C15H22O5/c16-6-10-7-19-15(20-8-10)11-1-9-2-12(15)5-14(3-9,4-11)13(17)18/h9-12,16H,1-8H2,(H,17,18)/p-1. The predicted octanol–water partition coefficient (Wildman–Crippen LogP) is -0.0858. The highest BCUT2D eigenvalue weighted by Crippen LogP contribution is 2.65. The molecule has 1 aliphatic heterocycles. The summed E-state index contributed by atoms with van der Waals surface area (Å²) in [4.78, 5) is 11.6. The molecule has 0 aromatic rings. The summed E-state index contributed by atoms with van der Waals surface area (Å²) in [5, 5.41) is 20.8. The molecule has 0 amide bonds. The van der Waals surface area contributed by atoms with Crippen LogP contribution in [0.15, 0.2) is 0 Å². The van der Waals surface area contributed by atoms with Crippen LogP contribution in [0.4, 0.5) is 0 Å². The Morgan fingerprint density at radius 3 is 2.25 bits per heavy atom. The van der Waals surface area contributed by atoms with Crippen molar-refractivity contribution >= 4 is 5.97 Å². The second kappa shape index (κ2) is 4.18. The summed E-state index contributed by atoms with van der Waals surface area (Å²) in [6.07, 6.45) is 4.06. The number of carbonyl (C=O) groups is 1. The van der Waals surface area contributed by atoms with Crippen molar-refractivity contribution < 1.29 is 24.5 Å². The van der Waals surface area contributed by atoms with Gasteiger partial charge in [-0.2, -0.15) is 0 Å². The van der Waals surface area contributed by atoms with Gasteiger partial charge in [-0.3, -0.25) is 0 Å². The van der Waals surface area contributed by atoms with Gasteiger partial charge in [0.1, 0.15) is 0 Å². The van der Waals surface area contributed by atoms with E-state index < -0.39 is 17.2 Å². The van der Waals surface area contributed by atoms with E-state index >= 15 is 0 Å². The molecule has 0 aromatic carbocycles. The number of aliphatic hydroxyl groups excluding tert-OH is 1. The fourth-order valence-electron chi connectivity index (χ4n) is 5.34. The molecule has 5 heteroatoms. The predicted molar refractivity (Wildman–Crippen MR) is 66.2 cm³/mol. The lowest BCUT2D eigenvalue weighted by Gasteiger charge is -2.65. The summed E-state index contributed by atoms with van der Waals surface area (Å²) in [7, 11) is 0. The molecule has 1 saturated heterocycles. The van der Waals surface area contributed by atoms with E-state index in [0.717, 1.165) is 19.3 Å². The van der Waals surface area contributed by atoms with E-state index in [4.69, 9.17) is 9.47 Å². The van der Waals surface area contributed by atoms with Crippen molar-refractivity contribution in [3.8, 4) is 0 Å². The lowest BCUT2D eigenvalue weighted by Crippen LogP contribution is -2.68. The molecule has 5 aliphatic rings. The first kappa shape index (κ1) is 13.0. The van der Waals surface area contributed by atoms with Crippen LogP contribution in [-0.4, -0.2) is 36.7 Å². The van der Waals surface area contributed by atoms with Gasteiger partial charge in [-0.05, 0) is 38.0 Å². The lowest BCUT2D eigenvalue weighted by molar-refractivity contribution is -0.386. The molecule has 0 radical (unpaired) electrons. The molecule has 112 valence electrons. The molecule has 4 saturated carbocycles. The number of carboxylic acid groups (broad SMARTS) is 1. The van der Waals surface area contributed by atoms with Crippen LogP contribution in [0.25, 0.3) is 0 Å². The smallest absolute Gasteiger partial charge is 0.173 e. The normalized spacial score (nSPS) is 53.5. The van der Waals surface area contributed by atoms with E-state index in [1.165, 1.54) is 0 Å². The van der Waals surface area contributed by atoms with Gasteiger partial charge in [-0.25, -0.2) is 0 Å². The second-order valence-electron chi connectivity index (χ2n) is 7.30. The van der Waals surface area contributed by atoms with E-state index in [2.05, 4.69) is 0 Å². The average molecular weight is 281 g/mol. The van der Waals surface area contributed by atoms with Gasteiger partial charge in [0.2, 0.25) is 0 Å². The maximum absolute atomic E-state index is 11.6. The summed E-state index contributed by atoms with van der Waals surface area (Å²) in [6, 6.07) is 0. The molecule has 0 aromatic heterocycles. The maximum atomic E-state index is 11.6. The van der Waals surface area contributed by atoms with Crippen molar-refractivity contribution in [3.63, 3.8) is 0 Å². The van der Waals surface area contributed by atoms with Crippen molar-refractivity contribution in [2.75, 3.05) is 19.8 Å². The molecule has 1 N–H and O–H groups in total. The van der Waals surface area contributed by atoms with Crippen LogP contribution in [-0.2, 0) is 14.3 Å². The second-order valence-corrected chi connectivity index (χ2v) is 7.30. The molecular weight excluding hydrogens is 260 g/mol. The summed E-state index contributed by atoms with van der Waals surface area (Å²) >= 11 is 0. The summed E-state index contributed by atoms with van der Waals surface area (Å²) in [5.74, 6) is -0.582. The number of hydrogen-bond acceptors (Lipinski definition) is 5. The Morgan fingerprint density at radius 1 is 1.15 bits per heavy atom. The highest BCUT2D eigenvalue weighted by molar-refractivity contribution is 5.73. The number of aliphatic hydroxyl groups is 1. The molecule has 5 fully saturated rings. The van der Waals surface area contributed by atoms with Crippen LogP contribution < -0.4 is 5.11 Å². The van der Waals surface area contributed by atoms with Crippen LogP contribution in [0.3, 0.4) is 0 Å². The molecule has 20 heavy (non-hydrogen) atoms. The van der Waals surface area contributed by atoms with Crippen LogP contribution in [0.2, 0.25) is 0 Å². The van der Waals surface area contributed by atoms with Gasteiger partial charge in [0.25, 0.3) is 0 Å². The van der Waals surface area contributed by atoms with Gasteiger partial charge >= 0.3 is 0 Å². The Hall–Kier alpha value is -0.650. The third-order valence-electron chi connectivity index (χ3n) is 6.11. The van der Waals surface area contributed by atoms with Crippen LogP contribution >= 0.6 is 0 Å². The minimum Gasteiger partial charge on any atom is -0.550 e. The largest absolute Gasteiger partial charge is 0.550 e. The fourth-order valence-corrected chi connectivity index (χ4v) is 5.34. The van der Waals surface area contributed by atoms with E-state index in [1.54, 1.807) is 0 Å². The maximum Gasteiger partial charge on any atom is 0.173 e. The van der Waals surface area contributed by atoms with Crippen molar-refractivity contribution in [1.29, 1.82) is 0 Å². The SMILES string of the molecule is O=C([O-])C12CC3CC(C1)C1(OCC(CO)CO1)C(C3)C2. The molecule has 4 aliphatic carbocycles. The molecule has 5 rings (SSSR count). The number of carboxylic acids is 1. The summed E-state index contributed by atoms with van der Waals surface area (Å²) in [6.45, 7) is 1.12. The monoisotopic (exact) mass is 281 g/mol. The Bertz CT molecular complexity index is 408. The molecule has 4 bridgehead atoms. The minimum atomic E-state index is -0.879. The van der Waals surface area contributed by atoms with Gasteiger partial charge in [-0.1, -0.05) is 0 Å². The first-order valence-corrected chi connectivity index (χ1v) is 7.68. The Balaban J connectivity index is 1.62. The van der Waals surface area contributed by atoms with Crippen molar-refractivity contribution in [1.82, 2.24) is 0 Å². The molecule has 1 heterocycles. The number of rotatable bonds is 2. The zero-order valence-corrected chi connectivity index (χ0v) is 11.5. The Morgan fingerprint density at radius 2 is 1.75 bits per heavy atom. The van der Waals surface area contributed by atoms with Crippen molar-refractivity contribution in [2.24, 2.45) is 29.1 Å². The van der Waals surface area contributed by atoms with E-state index in [-0.39, 0.29) is 24.4 Å². The van der Waals surface area contributed by atoms with Gasteiger partial charge in [0, 0.05) is 29.1 Å². The van der Waals surface area contributed by atoms with Gasteiger partial charge < -0.3 is 24.5 Å². The minimum absolute atomic E-state index is 0.0490. The van der Waals surface area contributed by atoms with Crippen LogP contribution in [0.5, 0.6) is 0 Å². The Kier molecular flexibility index (Phi) is 2.73. The van der Waals surface area contributed by atoms with E-state index in [9.17, 15) is 15.0 Å². The first-order chi connectivity index (χ1) is 9.58. The van der Waals surface area contributed by atoms with Gasteiger partial charge in [-0.15, -0.1) is 0 Å². The van der Waals surface area contributed by atoms with Crippen molar-refractivity contribution in [2.45, 2.75) is 37.9 Å². The molecular formula is C15H21O5-. The van der Waals surface area contributed by atoms with E-state index in [0.29, 0.717) is 32.0 Å². The van der Waals surface area contributed by atoms with E-state index in [1.807, 2.05) is 0 Å². The third-order valence-corrected chi connectivity index (χ3v) is 6.11. The summed E-state index contributed by atoms with van der Waals surface area (Å²) < 4.78 is 12.2. The van der Waals surface area contributed by atoms with Gasteiger partial charge in [0.15, 0.2) is 5.79 Å². The highest BCUT2D eigenvalue weighted by atomic mass is 16.7.